The van der Waals surface area contributed by atoms with Crippen molar-refractivity contribution >= 4 is 11.9 Å². The highest BCUT2D eigenvalue weighted by Gasteiger charge is 2.24. The highest BCUT2D eigenvalue weighted by atomic mass is 16.4. The summed E-state index contributed by atoms with van der Waals surface area (Å²) < 4.78 is 0. The Morgan fingerprint density at radius 2 is 1.62 bits per heavy atom. The maximum atomic E-state index is 12.0. The van der Waals surface area contributed by atoms with Gasteiger partial charge in [-0.3, -0.25) is 9.59 Å². The maximum absolute atomic E-state index is 12.0. The van der Waals surface area contributed by atoms with Crippen molar-refractivity contribution in [3.05, 3.63) is 0 Å². The summed E-state index contributed by atoms with van der Waals surface area (Å²) in [6.45, 7) is 5.91. The van der Waals surface area contributed by atoms with E-state index in [2.05, 4.69) is 12.2 Å². The van der Waals surface area contributed by atoms with Gasteiger partial charge in [0.1, 0.15) is 6.10 Å². The molecule has 5 heteroatoms. The van der Waals surface area contributed by atoms with Gasteiger partial charge < -0.3 is 15.5 Å². The van der Waals surface area contributed by atoms with E-state index in [-0.39, 0.29) is 11.9 Å². The van der Waals surface area contributed by atoms with Crippen LogP contribution in [0.25, 0.3) is 0 Å². The molecule has 3 N–H and O–H groups in total. The van der Waals surface area contributed by atoms with E-state index in [9.17, 15) is 14.7 Å². The summed E-state index contributed by atoms with van der Waals surface area (Å²) in [6, 6.07) is -0.172. The number of carbonyl (C=O) groups excluding carboxylic acids is 1. The number of aliphatic hydroxyl groups is 1. The fourth-order valence-electron chi connectivity index (χ4n) is 2.31. The second-order valence-electron chi connectivity index (χ2n) is 5.68. The lowest BCUT2D eigenvalue weighted by Gasteiger charge is -2.23. The number of carboxylic acids is 1. The van der Waals surface area contributed by atoms with Crippen molar-refractivity contribution in [3.63, 3.8) is 0 Å². The highest BCUT2D eigenvalue weighted by Crippen LogP contribution is 2.16. The Hall–Kier alpha value is -1.10. The molecule has 0 heterocycles. The van der Waals surface area contributed by atoms with Crippen molar-refractivity contribution in [2.24, 2.45) is 5.92 Å². The number of hydrogen-bond acceptors (Lipinski definition) is 3. The molecular weight excluding hydrogens is 270 g/mol. The summed E-state index contributed by atoms with van der Waals surface area (Å²) in [4.78, 5) is 23.1. The van der Waals surface area contributed by atoms with Crippen LogP contribution < -0.4 is 5.32 Å². The Labute approximate surface area is 128 Å². The van der Waals surface area contributed by atoms with Crippen LogP contribution in [0.5, 0.6) is 0 Å². The fourth-order valence-corrected chi connectivity index (χ4v) is 2.31. The number of carboxylic acid groups (broad SMARTS) is 1. The molecule has 0 aliphatic heterocycles. The van der Waals surface area contributed by atoms with Crippen molar-refractivity contribution in [1.82, 2.24) is 5.32 Å². The number of unbranched alkanes of at least 4 members (excludes halogenated alkanes) is 2. The maximum Gasteiger partial charge on any atom is 0.306 e. The largest absolute Gasteiger partial charge is 0.481 e. The minimum Gasteiger partial charge on any atom is -0.481 e. The standard InChI is InChI=1S/C16H31NO4/c1-4-7-9-13(11-12(6-3)16(20)21)17-15(19)14(18)10-8-5-2/h12-14,18H,4-11H2,1-3H3,(H,17,19)(H,20,21). The third kappa shape index (κ3) is 8.71. The van der Waals surface area contributed by atoms with Gasteiger partial charge in [0.05, 0.1) is 5.92 Å². The van der Waals surface area contributed by atoms with Crippen LogP contribution in [0.2, 0.25) is 0 Å². The Balaban J connectivity index is 4.52. The van der Waals surface area contributed by atoms with Crippen molar-refractivity contribution in [2.75, 3.05) is 0 Å². The summed E-state index contributed by atoms with van der Waals surface area (Å²) in [7, 11) is 0. The van der Waals surface area contributed by atoms with Crippen LogP contribution in [-0.4, -0.2) is 34.2 Å². The molecule has 21 heavy (non-hydrogen) atoms. The molecule has 3 atom stereocenters. The molecule has 0 fully saturated rings. The van der Waals surface area contributed by atoms with Gasteiger partial charge in [-0.2, -0.15) is 0 Å². The Bertz CT molecular complexity index is 307. The van der Waals surface area contributed by atoms with Gasteiger partial charge in [0.25, 0.3) is 0 Å². The quantitative estimate of drug-likeness (QED) is 0.517. The third-order valence-corrected chi connectivity index (χ3v) is 3.80. The molecule has 0 rings (SSSR count). The average Bonchev–Trinajstić information content (AvgIpc) is 2.46. The van der Waals surface area contributed by atoms with Crippen molar-refractivity contribution in [1.29, 1.82) is 0 Å². The van der Waals surface area contributed by atoms with Gasteiger partial charge in [-0.25, -0.2) is 0 Å². The van der Waals surface area contributed by atoms with Gasteiger partial charge in [0.15, 0.2) is 0 Å². The van der Waals surface area contributed by atoms with E-state index in [1.165, 1.54) is 0 Å². The van der Waals surface area contributed by atoms with E-state index < -0.39 is 18.0 Å². The van der Waals surface area contributed by atoms with Crippen LogP contribution >= 0.6 is 0 Å². The summed E-state index contributed by atoms with van der Waals surface area (Å²) in [5.41, 5.74) is 0. The SMILES string of the molecule is CCCCC(CC(CC)C(=O)O)NC(=O)C(O)CCCC. The molecular formula is C16H31NO4. The Kier molecular flexibility index (Phi) is 10.9. The molecule has 0 saturated heterocycles. The predicted octanol–water partition coefficient (Wildman–Crippen LogP) is 2.71. The zero-order valence-electron chi connectivity index (χ0n) is 13.6. The summed E-state index contributed by atoms with van der Waals surface area (Å²) in [5.74, 6) is -1.63. The highest BCUT2D eigenvalue weighted by molar-refractivity contribution is 5.80. The molecule has 0 aromatic rings. The van der Waals surface area contributed by atoms with E-state index in [0.29, 0.717) is 19.3 Å². The smallest absolute Gasteiger partial charge is 0.306 e. The molecule has 0 spiro atoms. The normalized spacial score (nSPS) is 15.2. The van der Waals surface area contributed by atoms with E-state index in [1.54, 1.807) is 0 Å². The van der Waals surface area contributed by atoms with Crippen LogP contribution in [0.4, 0.5) is 0 Å². The zero-order chi connectivity index (χ0) is 16.3. The lowest BCUT2D eigenvalue weighted by Crippen LogP contribution is -2.43. The molecule has 0 aromatic heterocycles. The summed E-state index contributed by atoms with van der Waals surface area (Å²) in [5, 5.41) is 21.8. The first-order valence-electron chi connectivity index (χ1n) is 8.17. The minimum atomic E-state index is -0.987. The molecule has 3 unspecified atom stereocenters. The fraction of sp³-hybridized carbons (Fsp3) is 0.875. The molecule has 0 saturated carbocycles. The topological polar surface area (TPSA) is 86.6 Å². The van der Waals surface area contributed by atoms with E-state index >= 15 is 0 Å². The molecule has 5 nitrogen and oxygen atoms in total. The number of amides is 1. The van der Waals surface area contributed by atoms with Gasteiger partial charge in [0, 0.05) is 6.04 Å². The van der Waals surface area contributed by atoms with Crippen molar-refractivity contribution in [2.45, 2.75) is 84.3 Å². The lowest BCUT2D eigenvalue weighted by atomic mass is 9.94. The van der Waals surface area contributed by atoms with E-state index in [1.807, 2.05) is 13.8 Å². The van der Waals surface area contributed by atoms with E-state index in [4.69, 9.17) is 5.11 Å². The molecule has 0 bridgehead atoms. The molecule has 1 amide bonds. The number of nitrogens with one attached hydrogen (secondary N) is 1. The Morgan fingerprint density at radius 1 is 1.05 bits per heavy atom. The van der Waals surface area contributed by atoms with Gasteiger partial charge in [-0.05, 0) is 25.7 Å². The van der Waals surface area contributed by atoms with Crippen LogP contribution in [0.1, 0.15) is 72.1 Å². The number of aliphatic hydroxyl groups excluding tert-OH is 1. The van der Waals surface area contributed by atoms with Crippen molar-refractivity contribution in [3.8, 4) is 0 Å². The first kappa shape index (κ1) is 19.9. The first-order chi connectivity index (χ1) is 9.96. The number of carbonyl (C=O) groups is 2. The lowest BCUT2D eigenvalue weighted by molar-refractivity contribution is -0.142. The zero-order valence-corrected chi connectivity index (χ0v) is 13.6. The monoisotopic (exact) mass is 301 g/mol. The second-order valence-corrected chi connectivity index (χ2v) is 5.68. The van der Waals surface area contributed by atoms with Crippen LogP contribution in [0.15, 0.2) is 0 Å². The summed E-state index contributed by atoms with van der Waals surface area (Å²) >= 11 is 0. The van der Waals surface area contributed by atoms with Gasteiger partial charge in [0.2, 0.25) is 5.91 Å². The number of hydrogen-bond donors (Lipinski definition) is 3. The number of rotatable bonds is 12. The predicted molar refractivity (Wildman–Crippen MR) is 83.0 cm³/mol. The third-order valence-electron chi connectivity index (χ3n) is 3.80. The molecule has 0 radical (unpaired) electrons. The number of aliphatic carboxylic acids is 1. The van der Waals surface area contributed by atoms with Crippen molar-refractivity contribution < 1.29 is 19.8 Å². The second kappa shape index (κ2) is 11.5. The molecule has 0 aromatic carbocycles. The van der Waals surface area contributed by atoms with Crippen LogP contribution in [-0.2, 0) is 9.59 Å². The van der Waals surface area contributed by atoms with Crippen LogP contribution in [0, 0.1) is 5.92 Å². The molecule has 124 valence electrons. The first-order valence-corrected chi connectivity index (χ1v) is 8.17. The van der Waals surface area contributed by atoms with Gasteiger partial charge in [-0.1, -0.05) is 46.5 Å². The van der Waals surface area contributed by atoms with Crippen LogP contribution in [0.3, 0.4) is 0 Å². The summed E-state index contributed by atoms with van der Waals surface area (Å²) in [6.07, 6.45) is 4.87. The van der Waals surface area contributed by atoms with Gasteiger partial charge >= 0.3 is 5.97 Å². The average molecular weight is 301 g/mol. The Morgan fingerprint density at radius 3 is 2.10 bits per heavy atom. The molecule has 0 aliphatic carbocycles. The molecule has 0 aliphatic rings. The van der Waals surface area contributed by atoms with Gasteiger partial charge in [-0.15, -0.1) is 0 Å². The van der Waals surface area contributed by atoms with E-state index in [0.717, 1.165) is 32.1 Å². The minimum absolute atomic E-state index is 0.172.